The Labute approximate surface area is 101 Å². The van der Waals surface area contributed by atoms with Crippen molar-refractivity contribution in [3.05, 3.63) is 24.0 Å². The first-order chi connectivity index (χ1) is 7.82. The molecule has 0 aromatic heterocycles. The van der Waals surface area contributed by atoms with E-state index in [2.05, 4.69) is 0 Å². The SMILES string of the molecule is CCC(C)N(C)S(=O)(=O)c1c(N)cccc1F. The lowest BCUT2D eigenvalue weighted by atomic mass is 10.3. The molecule has 96 valence electrons. The van der Waals surface area contributed by atoms with Crippen LogP contribution < -0.4 is 5.73 Å². The number of sulfonamides is 1. The van der Waals surface area contributed by atoms with Gasteiger partial charge in [0.25, 0.3) is 0 Å². The van der Waals surface area contributed by atoms with Gasteiger partial charge in [-0.2, -0.15) is 4.31 Å². The molecule has 0 spiro atoms. The van der Waals surface area contributed by atoms with Crippen LogP contribution in [0.3, 0.4) is 0 Å². The molecule has 1 aromatic rings. The average molecular weight is 260 g/mol. The van der Waals surface area contributed by atoms with Gasteiger partial charge in [-0.3, -0.25) is 0 Å². The molecule has 0 aliphatic rings. The summed E-state index contributed by atoms with van der Waals surface area (Å²) in [5.74, 6) is -0.819. The summed E-state index contributed by atoms with van der Waals surface area (Å²) in [5, 5.41) is 0. The van der Waals surface area contributed by atoms with Gasteiger partial charge in [0, 0.05) is 13.1 Å². The fraction of sp³-hybridized carbons (Fsp3) is 0.455. The Balaban J connectivity index is 3.32. The molecule has 0 saturated carbocycles. The minimum Gasteiger partial charge on any atom is -0.398 e. The molecule has 0 amide bonds. The van der Waals surface area contributed by atoms with Crippen LogP contribution in [0.5, 0.6) is 0 Å². The van der Waals surface area contributed by atoms with Crippen molar-refractivity contribution < 1.29 is 12.8 Å². The molecule has 0 bridgehead atoms. The Morgan fingerprint density at radius 2 is 2.06 bits per heavy atom. The number of nitrogens with two attached hydrogens (primary N) is 1. The monoisotopic (exact) mass is 260 g/mol. The molecular formula is C11H17FN2O2S. The van der Waals surface area contributed by atoms with Crippen molar-refractivity contribution in [2.24, 2.45) is 0 Å². The Bertz CT molecular complexity index is 482. The van der Waals surface area contributed by atoms with E-state index in [0.717, 1.165) is 10.4 Å². The van der Waals surface area contributed by atoms with Crippen molar-refractivity contribution in [2.75, 3.05) is 12.8 Å². The highest BCUT2D eigenvalue weighted by Gasteiger charge is 2.29. The summed E-state index contributed by atoms with van der Waals surface area (Å²) in [6.45, 7) is 3.62. The second kappa shape index (κ2) is 5.01. The number of benzene rings is 1. The highest BCUT2D eigenvalue weighted by molar-refractivity contribution is 7.89. The summed E-state index contributed by atoms with van der Waals surface area (Å²) in [4.78, 5) is -0.442. The lowest BCUT2D eigenvalue weighted by Crippen LogP contribution is -2.35. The fourth-order valence-corrected chi connectivity index (χ4v) is 3.03. The summed E-state index contributed by atoms with van der Waals surface area (Å²) >= 11 is 0. The number of halogens is 1. The zero-order valence-electron chi connectivity index (χ0n) is 10.1. The predicted molar refractivity (Wildman–Crippen MR) is 65.5 cm³/mol. The van der Waals surface area contributed by atoms with Gasteiger partial charge >= 0.3 is 0 Å². The molecule has 1 atom stereocenters. The maximum absolute atomic E-state index is 13.6. The molecule has 0 aliphatic heterocycles. The number of hydrogen-bond donors (Lipinski definition) is 1. The van der Waals surface area contributed by atoms with Gasteiger partial charge in [0.15, 0.2) is 0 Å². The molecule has 1 rings (SSSR count). The third-order valence-electron chi connectivity index (χ3n) is 2.85. The second-order valence-electron chi connectivity index (χ2n) is 3.94. The van der Waals surface area contributed by atoms with E-state index in [-0.39, 0.29) is 11.7 Å². The van der Waals surface area contributed by atoms with Crippen molar-refractivity contribution in [3.63, 3.8) is 0 Å². The standard InChI is InChI=1S/C11H17FN2O2S/c1-4-8(2)14(3)17(15,16)11-9(12)6-5-7-10(11)13/h5-8H,4,13H2,1-3H3. The molecule has 0 saturated heterocycles. The van der Waals surface area contributed by atoms with Crippen molar-refractivity contribution >= 4 is 15.7 Å². The summed E-state index contributed by atoms with van der Waals surface area (Å²) < 4.78 is 39.1. The van der Waals surface area contributed by atoms with Crippen LogP contribution in [0.2, 0.25) is 0 Å². The molecule has 17 heavy (non-hydrogen) atoms. The lowest BCUT2D eigenvalue weighted by molar-refractivity contribution is 0.378. The molecule has 6 heteroatoms. The molecule has 1 unspecified atom stereocenters. The summed E-state index contributed by atoms with van der Waals surface area (Å²) in [6, 6.07) is 3.64. The van der Waals surface area contributed by atoms with E-state index in [4.69, 9.17) is 5.73 Å². The highest BCUT2D eigenvalue weighted by atomic mass is 32.2. The molecule has 0 aliphatic carbocycles. The molecule has 0 heterocycles. The van der Waals surface area contributed by atoms with Gasteiger partial charge in [-0.15, -0.1) is 0 Å². The smallest absolute Gasteiger partial charge is 0.248 e. The van der Waals surface area contributed by atoms with Crippen molar-refractivity contribution in [1.29, 1.82) is 0 Å². The molecule has 1 aromatic carbocycles. The quantitative estimate of drug-likeness (QED) is 0.840. The van der Waals surface area contributed by atoms with Crippen molar-refractivity contribution in [3.8, 4) is 0 Å². The maximum atomic E-state index is 13.6. The summed E-state index contributed by atoms with van der Waals surface area (Å²) in [7, 11) is -2.45. The Morgan fingerprint density at radius 3 is 2.53 bits per heavy atom. The van der Waals surface area contributed by atoms with Gasteiger partial charge in [0.2, 0.25) is 10.0 Å². The molecule has 0 fully saturated rings. The van der Waals surface area contributed by atoms with Gasteiger partial charge < -0.3 is 5.73 Å². The zero-order chi connectivity index (χ0) is 13.2. The number of nitrogen functional groups attached to an aromatic ring is 1. The Hall–Kier alpha value is -1.14. The van der Waals surface area contributed by atoms with E-state index >= 15 is 0 Å². The normalized spacial score (nSPS) is 13.9. The third kappa shape index (κ3) is 2.58. The van der Waals surface area contributed by atoms with Crippen LogP contribution in [0.4, 0.5) is 10.1 Å². The van der Waals surface area contributed by atoms with E-state index in [1.165, 1.54) is 19.2 Å². The van der Waals surface area contributed by atoms with E-state index < -0.39 is 20.7 Å². The highest BCUT2D eigenvalue weighted by Crippen LogP contribution is 2.26. The largest absolute Gasteiger partial charge is 0.398 e. The van der Waals surface area contributed by atoms with Gasteiger partial charge in [-0.25, -0.2) is 12.8 Å². The van der Waals surface area contributed by atoms with Crippen molar-refractivity contribution in [2.45, 2.75) is 31.2 Å². The molecule has 2 N–H and O–H groups in total. The second-order valence-corrected chi connectivity index (χ2v) is 5.87. The van der Waals surface area contributed by atoms with Crippen molar-refractivity contribution in [1.82, 2.24) is 4.31 Å². The number of hydrogen-bond acceptors (Lipinski definition) is 3. The van der Waals surface area contributed by atoms with Crippen LogP contribution >= 0.6 is 0 Å². The van der Waals surface area contributed by atoms with Crippen LogP contribution in [0.25, 0.3) is 0 Å². The fourth-order valence-electron chi connectivity index (χ4n) is 1.44. The summed E-state index contributed by atoms with van der Waals surface area (Å²) in [6.07, 6.45) is 0.643. The predicted octanol–water partition coefficient (Wildman–Crippen LogP) is 1.83. The van der Waals surface area contributed by atoms with Crippen LogP contribution in [-0.4, -0.2) is 25.8 Å². The van der Waals surface area contributed by atoms with Gasteiger partial charge in [0.1, 0.15) is 10.7 Å². The van der Waals surface area contributed by atoms with Gasteiger partial charge in [-0.1, -0.05) is 13.0 Å². The summed E-state index contributed by atoms with van der Waals surface area (Å²) in [5.41, 5.74) is 5.47. The first kappa shape index (κ1) is 13.9. The number of rotatable bonds is 4. The minimum atomic E-state index is -3.88. The zero-order valence-corrected chi connectivity index (χ0v) is 11.0. The first-order valence-corrected chi connectivity index (χ1v) is 6.78. The van der Waals surface area contributed by atoms with Gasteiger partial charge in [0.05, 0.1) is 5.69 Å². The first-order valence-electron chi connectivity index (χ1n) is 5.34. The minimum absolute atomic E-state index is 0.0693. The molecule has 0 radical (unpaired) electrons. The Kier molecular flexibility index (Phi) is 4.11. The third-order valence-corrected chi connectivity index (χ3v) is 4.91. The number of anilines is 1. The van der Waals surface area contributed by atoms with Crippen LogP contribution in [0.1, 0.15) is 20.3 Å². The molecule has 4 nitrogen and oxygen atoms in total. The molecular weight excluding hydrogens is 243 g/mol. The van der Waals surface area contributed by atoms with Gasteiger partial charge in [-0.05, 0) is 25.5 Å². The van der Waals surface area contributed by atoms with Crippen LogP contribution in [0, 0.1) is 5.82 Å². The van der Waals surface area contributed by atoms with E-state index in [0.29, 0.717) is 6.42 Å². The number of nitrogens with zero attached hydrogens (tertiary/aromatic N) is 1. The van der Waals surface area contributed by atoms with Crippen LogP contribution in [0.15, 0.2) is 23.1 Å². The topological polar surface area (TPSA) is 63.4 Å². The lowest BCUT2D eigenvalue weighted by Gasteiger charge is -2.24. The Morgan fingerprint density at radius 1 is 1.47 bits per heavy atom. The van der Waals surface area contributed by atoms with Crippen LogP contribution in [-0.2, 0) is 10.0 Å². The average Bonchev–Trinajstić information content (AvgIpc) is 2.26. The maximum Gasteiger partial charge on any atom is 0.248 e. The van der Waals surface area contributed by atoms with E-state index in [9.17, 15) is 12.8 Å². The van der Waals surface area contributed by atoms with E-state index in [1.807, 2.05) is 6.92 Å². The van der Waals surface area contributed by atoms with E-state index in [1.54, 1.807) is 6.92 Å².